The first-order chi connectivity index (χ1) is 13.2. The van der Waals surface area contributed by atoms with E-state index < -0.39 is 0 Å². The third-order valence-electron chi connectivity index (χ3n) is 4.99. The van der Waals surface area contributed by atoms with Gasteiger partial charge in [-0.15, -0.1) is 0 Å². The van der Waals surface area contributed by atoms with Crippen molar-refractivity contribution < 1.29 is 4.74 Å². The summed E-state index contributed by atoms with van der Waals surface area (Å²) in [6, 6.07) is 4.35. The van der Waals surface area contributed by atoms with E-state index >= 15 is 0 Å². The van der Waals surface area contributed by atoms with Crippen LogP contribution >= 0.6 is 0 Å². The van der Waals surface area contributed by atoms with Crippen molar-refractivity contribution in [2.75, 3.05) is 54.5 Å². The highest BCUT2D eigenvalue weighted by atomic mass is 16.5. The van der Waals surface area contributed by atoms with Crippen molar-refractivity contribution in [3.8, 4) is 0 Å². The molecule has 2 aliphatic rings. The van der Waals surface area contributed by atoms with Gasteiger partial charge in [0, 0.05) is 50.2 Å². The lowest BCUT2D eigenvalue weighted by Crippen LogP contribution is -2.43. The number of hydrogen-bond donors (Lipinski definition) is 1. The maximum absolute atomic E-state index is 5.41. The molecule has 144 valence electrons. The second kappa shape index (κ2) is 8.04. The molecular weight excluding hydrogens is 342 g/mol. The average molecular weight is 369 g/mol. The number of nitrogens with one attached hydrogen (secondary N) is 1. The molecule has 27 heavy (non-hydrogen) atoms. The number of nitrogens with zero attached hydrogens (tertiary/aromatic N) is 6. The Morgan fingerprint density at radius 3 is 2.74 bits per heavy atom. The van der Waals surface area contributed by atoms with Gasteiger partial charge in [-0.2, -0.15) is 4.98 Å². The molecule has 1 unspecified atom stereocenters. The monoisotopic (exact) mass is 369 g/mol. The van der Waals surface area contributed by atoms with Gasteiger partial charge in [-0.25, -0.2) is 15.0 Å². The standard InChI is InChI=1S/C19H27N7O/c1-14-12-18(22-15(2)21-14)26-7-3-4-16(13-26)23-17-5-6-20-19(24-17)25-8-10-27-11-9-25/h5-6,12,16H,3-4,7-11,13H2,1-2H3,(H,20,23,24). The molecule has 0 amide bonds. The summed E-state index contributed by atoms with van der Waals surface area (Å²) >= 11 is 0. The van der Waals surface area contributed by atoms with Crippen LogP contribution in [0.5, 0.6) is 0 Å². The predicted molar refractivity (Wildman–Crippen MR) is 105 cm³/mol. The summed E-state index contributed by atoms with van der Waals surface area (Å²) in [6.07, 6.45) is 4.08. The van der Waals surface area contributed by atoms with Crippen LogP contribution in [0.25, 0.3) is 0 Å². The highest BCUT2D eigenvalue weighted by Gasteiger charge is 2.22. The average Bonchev–Trinajstić information content (AvgIpc) is 2.68. The molecule has 4 rings (SSSR count). The van der Waals surface area contributed by atoms with E-state index in [2.05, 4.69) is 36.1 Å². The fourth-order valence-corrected chi connectivity index (χ4v) is 3.72. The summed E-state index contributed by atoms with van der Waals surface area (Å²) < 4.78 is 5.41. The van der Waals surface area contributed by atoms with Crippen molar-refractivity contribution >= 4 is 17.6 Å². The quantitative estimate of drug-likeness (QED) is 0.874. The molecule has 1 atom stereocenters. The molecule has 0 saturated carbocycles. The Morgan fingerprint density at radius 1 is 1.07 bits per heavy atom. The summed E-state index contributed by atoms with van der Waals surface area (Å²) in [5.74, 6) is 3.50. The van der Waals surface area contributed by atoms with Crippen LogP contribution in [0.4, 0.5) is 17.6 Å². The lowest BCUT2D eigenvalue weighted by atomic mass is 10.1. The van der Waals surface area contributed by atoms with Crippen LogP contribution in [0.15, 0.2) is 18.3 Å². The zero-order chi connectivity index (χ0) is 18.6. The molecule has 0 spiro atoms. The third-order valence-corrected chi connectivity index (χ3v) is 4.99. The molecule has 8 nitrogen and oxygen atoms in total. The van der Waals surface area contributed by atoms with Crippen molar-refractivity contribution in [1.29, 1.82) is 0 Å². The van der Waals surface area contributed by atoms with Gasteiger partial charge >= 0.3 is 0 Å². The van der Waals surface area contributed by atoms with Crippen LogP contribution in [0, 0.1) is 13.8 Å². The van der Waals surface area contributed by atoms with Crippen LogP contribution < -0.4 is 15.1 Å². The van der Waals surface area contributed by atoms with Crippen LogP contribution in [0.3, 0.4) is 0 Å². The fraction of sp³-hybridized carbons (Fsp3) is 0.579. The zero-order valence-electron chi connectivity index (χ0n) is 16.1. The van der Waals surface area contributed by atoms with Gasteiger partial charge in [-0.1, -0.05) is 0 Å². The number of piperidine rings is 1. The van der Waals surface area contributed by atoms with Gasteiger partial charge < -0.3 is 19.9 Å². The summed E-state index contributed by atoms with van der Waals surface area (Å²) in [7, 11) is 0. The maximum Gasteiger partial charge on any atom is 0.227 e. The summed E-state index contributed by atoms with van der Waals surface area (Å²) in [5, 5.41) is 3.60. The van der Waals surface area contributed by atoms with Crippen molar-refractivity contribution in [2.24, 2.45) is 0 Å². The Labute approximate surface area is 160 Å². The molecule has 0 aromatic carbocycles. The van der Waals surface area contributed by atoms with Crippen molar-refractivity contribution in [3.05, 3.63) is 29.8 Å². The number of anilines is 3. The van der Waals surface area contributed by atoms with E-state index in [1.807, 2.05) is 26.1 Å². The molecule has 0 radical (unpaired) electrons. The maximum atomic E-state index is 5.41. The highest BCUT2D eigenvalue weighted by molar-refractivity contribution is 5.45. The summed E-state index contributed by atoms with van der Waals surface area (Å²) in [4.78, 5) is 22.7. The van der Waals surface area contributed by atoms with Crippen molar-refractivity contribution in [3.63, 3.8) is 0 Å². The van der Waals surface area contributed by atoms with E-state index in [4.69, 9.17) is 9.72 Å². The van der Waals surface area contributed by atoms with Gasteiger partial charge in [-0.05, 0) is 32.8 Å². The van der Waals surface area contributed by atoms with E-state index in [0.29, 0.717) is 6.04 Å². The van der Waals surface area contributed by atoms with E-state index in [1.54, 1.807) is 0 Å². The fourth-order valence-electron chi connectivity index (χ4n) is 3.72. The molecule has 2 aromatic heterocycles. The van der Waals surface area contributed by atoms with Gasteiger partial charge in [0.15, 0.2) is 0 Å². The normalized spacial score (nSPS) is 20.6. The lowest BCUT2D eigenvalue weighted by Gasteiger charge is -2.34. The van der Waals surface area contributed by atoms with Gasteiger partial charge in [0.1, 0.15) is 17.5 Å². The van der Waals surface area contributed by atoms with Gasteiger partial charge in [0.25, 0.3) is 0 Å². The second-order valence-electron chi connectivity index (χ2n) is 7.19. The SMILES string of the molecule is Cc1cc(N2CCCC(Nc3ccnc(N4CCOCC4)n3)C2)nc(C)n1. The molecule has 2 saturated heterocycles. The topological polar surface area (TPSA) is 79.3 Å². The molecule has 0 aliphatic carbocycles. The van der Waals surface area contributed by atoms with Crippen molar-refractivity contribution in [2.45, 2.75) is 32.7 Å². The smallest absolute Gasteiger partial charge is 0.227 e. The van der Waals surface area contributed by atoms with Crippen LogP contribution in [-0.4, -0.2) is 65.4 Å². The zero-order valence-corrected chi connectivity index (χ0v) is 16.1. The molecule has 0 bridgehead atoms. The number of rotatable bonds is 4. The van der Waals surface area contributed by atoms with Crippen LogP contribution in [0.1, 0.15) is 24.4 Å². The first-order valence-corrected chi connectivity index (χ1v) is 9.67. The lowest BCUT2D eigenvalue weighted by molar-refractivity contribution is 0.122. The molecule has 8 heteroatoms. The Kier molecular flexibility index (Phi) is 5.33. The Balaban J connectivity index is 1.43. The first kappa shape index (κ1) is 17.9. The molecular formula is C19H27N7O. The summed E-state index contributed by atoms with van der Waals surface area (Å²) in [5.41, 5.74) is 1.01. The largest absolute Gasteiger partial charge is 0.378 e. The van der Waals surface area contributed by atoms with E-state index in [0.717, 1.165) is 81.3 Å². The van der Waals surface area contributed by atoms with Crippen LogP contribution in [0.2, 0.25) is 0 Å². The van der Waals surface area contributed by atoms with Gasteiger partial charge in [-0.3, -0.25) is 0 Å². The third kappa shape index (κ3) is 4.44. The van der Waals surface area contributed by atoms with Gasteiger partial charge in [0.05, 0.1) is 13.2 Å². The number of morpholine rings is 1. The first-order valence-electron chi connectivity index (χ1n) is 9.67. The van der Waals surface area contributed by atoms with Gasteiger partial charge in [0.2, 0.25) is 5.95 Å². The minimum Gasteiger partial charge on any atom is -0.378 e. The number of aryl methyl sites for hydroxylation is 2. The minimum atomic E-state index is 0.335. The summed E-state index contributed by atoms with van der Waals surface area (Å²) in [6.45, 7) is 9.05. The number of ether oxygens (including phenoxy) is 1. The van der Waals surface area contributed by atoms with E-state index in [1.165, 1.54) is 0 Å². The molecule has 1 N–H and O–H groups in total. The van der Waals surface area contributed by atoms with E-state index in [9.17, 15) is 0 Å². The molecule has 2 fully saturated rings. The number of hydrogen-bond acceptors (Lipinski definition) is 8. The molecule has 4 heterocycles. The highest BCUT2D eigenvalue weighted by Crippen LogP contribution is 2.21. The van der Waals surface area contributed by atoms with Crippen LogP contribution in [-0.2, 0) is 4.74 Å². The Bertz CT molecular complexity index is 758. The second-order valence-corrected chi connectivity index (χ2v) is 7.19. The van der Waals surface area contributed by atoms with Crippen molar-refractivity contribution in [1.82, 2.24) is 19.9 Å². The van der Waals surface area contributed by atoms with E-state index in [-0.39, 0.29) is 0 Å². The Morgan fingerprint density at radius 2 is 1.93 bits per heavy atom. The minimum absolute atomic E-state index is 0.335. The number of aromatic nitrogens is 4. The molecule has 2 aromatic rings. The molecule has 2 aliphatic heterocycles. The Hall–Kier alpha value is -2.48. The predicted octanol–water partition coefficient (Wildman–Crippen LogP) is 1.80.